The molecule has 3 heterocycles. The summed E-state index contributed by atoms with van der Waals surface area (Å²) in [6, 6.07) is 7.57. The zero-order chi connectivity index (χ0) is 16.5. The summed E-state index contributed by atoms with van der Waals surface area (Å²) in [5.41, 5.74) is 0. The van der Waals surface area contributed by atoms with E-state index >= 15 is 0 Å². The second-order valence-corrected chi connectivity index (χ2v) is 7.25. The second-order valence-electron chi connectivity index (χ2n) is 7.25. The standard InChI is InChI=1S/C19H26N2O3/c1-14-18(24-17-7-3-2-6-16(17)23-14)19(22)21-11-8-15(13-21)12-20-9-4-5-10-20/h2-3,6-7,14-15,18H,4-5,8-13H2,1H3/t14-,15-,18-/m0/s1. The van der Waals surface area contributed by atoms with Gasteiger partial charge in [0.05, 0.1) is 0 Å². The number of ether oxygens (including phenoxy) is 2. The molecule has 0 spiro atoms. The average molecular weight is 330 g/mol. The molecule has 2 fully saturated rings. The first-order valence-corrected chi connectivity index (χ1v) is 9.14. The Balaban J connectivity index is 1.37. The Bertz CT molecular complexity index is 600. The van der Waals surface area contributed by atoms with Crippen LogP contribution >= 0.6 is 0 Å². The maximum atomic E-state index is 12.9. The highest BCUT2D eigenvalue weighted by Crippen LogP contribution is 2.34. The third-order valence-corrected chi connectivity index (χ3v) is 5.40. The molecule has 3 aliphatic heterocycles. The molecule has 0 unspecified atom stereocenters. The zero-order valence-electron chi connectivity index (χ0n) is 14.3. The van der Waals surface area contributed by atoms with Crippen LogP contribution in [0.4, 0.5) is 0 Å². The largest absolute Gasteiger partial charge is 0.482 e. The van der Waals surface area contributed by atoms with Crippen LogP contribution in [-0.4, -0.2) is 60.6 Å². The van der Waals surface area contributed by atoms with Crippen LogP contribution in [0.5, 0.6) is 11.5 Å². The highest BCUT2D eigenvalue weighted by molar-refractivity contribution is 5.82. The van der Waals surface area contributed by atoms with Crippen molar-refractivity contribution in [1.29, 1.82) is 0 Å². The summed E-state index contributed by atoms with van der Waals surface area (Å²) in [4.78, 5) is 17.4. The van der Waals surface area contributed by atoms with Gasteiger partial charge in [-0.25, -0.2) is 0 Å². The van der Waals surface area contributed by atoms with E-state index in [-0.39, 0.29) is 12.0 Å². The van der Waals surface area contributed by atoms with Crippen LogP contribution in [-0.2, 0) is 4.79 Å². The van der Waals surface area contributed by atoms with E-state index in [1.54, 1.807) is 0 Å². The first-order chi connectivity index (χ1) is 11.7. The number of carbonyl (C=O) groups is 1. The molecule has 2 saturated heterocycles. The van der Waals surface area contributed by atoms with Crippen LogP contribution in [0.1, 0.15) is 26.2 Å². The van der Waals surface area contributed by atoms with E-state index in [9.17, 15) is 4.79 Å². The molecule has 5 heteroatoms. The van der Waals surface area contributed by atoms with E-state index in [4.69, 9.17) is 9.47 Å². The van der Waals surface area contributed by atoms with Gasteiger partial charge in [-0.15, -0.1) is 0 Å². The lowest BCUT2D eigenvalue weighted by atomic mass is 10.1. The summed E-state index contributed by atoms with van der Waals surface area (Å²) in [6.45, 7) is 7.17. The number of benzene rings is 1. The Labute approximate surface area is 143 Å². The van der Waals surface area contributed by atoms with Gasteiger partial charge in [-0.3, -0.25) is 4.79 Å². The van der Waals surface area contributed by atoms with Gasteiger partial charge in [0.2, 0.25) is 6.10 Å². The zero-order valence-corrected chi connectivity index (χ0v) is 14.3. The van der Waals surface area contributed by atoms with Crippen molar-refractivity contribution in [1.82, 2.24) is 9.80 Å². The molecule has 1 amide bonds. The lowest BCUT2D eigenvalue weighted by molar-refractivity contribution is -0.143. The fourth-order valence-electron chi connectivity index (χ4n) is 4.08. The summed E-state index contributed by atoms with van der Waals surface area (Å²) in [5.74, 6) is 2.06. The molecule has 3 aliphatic rings. The van der Waals surface area contributed by atoms with Gasteiger partial charge in [-0.1, -0.05) is 12.1 Å². The van der Waals surface area contributed by atoms with Gasteiger partial charge in [0.25, 0.3) is 5.91 Å². The predicted octanol–water partition coefficient (Wildman–Crippen LogP) is 2.16. The Morgan fingerprint density at radius 1 is 1.12 bits per heavy atom. The number of hydrogen-bond donors (Lipinski definition) is 0. The highest BCUT2D eigenvalue weighted by Gasteiger charge is 2.39. The van der Waals surface area contributed by atoms with E-state index in [1.165, 1.54) is 25.9 Å². The number of rotatable bonds is 3. The highest BCUT2D eigenvalue weighted by atomic mass is 16.6. The summed E-state index contributed by atoms with van der Waals surface area (Å²) in [7, 11) is 0. The Hall–Kier alpha value is -1.75. The number of carbonyl (C=O) groups excluding carboxylic acids is 1. The SMILES string of the molecule is C[C@@H]1Oc2ccccc2O[C@@H]1C(=O)N1CC[C@@H](CN2CCCC2)C1. The number of likely N-dealkylation sites (tertiary alicyclic amines) is 2. The fraction of sp³-hybridized carbons (Fsp3) is 0.632. The van der Waals surface area contributed by atoms with Gasteiger partial charge in [0.15, 0.2) is 11.5 Å². The minimum Gasteiger partial charge on any atom is -0.482 e. The first-order valence-electron chi connectivity index (χ1n) is 9.14. The van der Waals surface area contributed by atoms with Crippen LogP contribution in [0.3, 0.4) is 0 Å². The van der Waals surface area contributed by atoms with Crippen LogP contribution in [0, 0.1) is 5.92 Å². The van der Waals surface area contributed by atoms with Crippen molar-refractivity contribution in [2.45, 2.75) is 38.4 Å². The smallest absolute Gasteiger partial charge is 0.267 e. The molecule has 1 aromatic carbocycles. The third-order valence-electron chi connectivity index (χ3n) is 5.40. The molecule has 0 bridgehead atoms. The Morgan fingerprint density at radius 3 is 2.58 bits per heavy atom. The summed E-state index contributed by atoms with van der Waals surface area (Å²) < 4.78 is 11.8. The fourth-order valence-corrected chi connectivity index (χ4v) is 4.08. The Kier molecular flexibility index (Phi) is 4.35. The third kappa shape index (κ3) is 3.09. The van der Waals surface area contributed by atoms with Crippen LogP contribution in [0.25, 0.3) is 0 Å². The van der Waals surface area contributed by atoms with Crippen LogP contribution in [0.15, 0.2) is 24.3 Å². The van der Waals surface area contributed by atoms with Gasteiger partial charge >= 0.3 is 0 Å². The maximum Gasteiger partial charge on any atom is 0.267 e. The molecule has 4 rings (SSSR count). The molecule has 0 radical (unpaired) electrons. The first kappa shape index (κ1) is 15.8. The van der Waals surface area contributed by atoms with E-state index < -0.39 is 6.10 Å². The van der Waals surface area contributed by atoms with E-state index in [2.05, 4.69) is 4.90 Å². The number of amides is 1. The van der Waals surface area contributed by atoms with Crippen LogP contribution in [0.2, 0.25) is 0 Å². The van der Waals surface area contributed by atoms with Gasteiger partial charge in [-0.2, -0.15) is 0 Å². The summed E-state index contributed by atoms with van der Waals surface area (Å²) >= 11 is 0. The molecule has 24 heavy (non-hydrogen) atoms. The molecular weight excluding hydrogens is 304 g/mol. The van der Waals surface area contributed by atoms with Gasteiger partial charge < -0.3 is 19.3 Å². The molecule has 0 saturated carbocycles. The number of nitrogens with zero attached hydrogens (tertiary/aromatic N) is 2. The molecular formula is C19H26N2O3. The monoisotopic (exact) mass is 330 g/mol. The van der Waals surface area contributed by atoms with Crippen molar-refractivity contribution < 1.29 is 14.3 Å². The van der Waals surface area contributed by atoms with E-state index in [0.29, 0.717) is 11.7 Å². The van der Waals surface area contributed by atoms with Crippen molar-refractivity contribution in [3.63, 3.8) is 0 Å². The molecule has 0 aromatic heterocycles. The molecule has 1 aromatic rings. The second kappa shape index (κ2) is 6.63. The van der Waals surface area contributed by atoms with Crippen LogP contribution < -0.4 is 9.47 Å². The summed E-state index contributed by atoms with van der Waals surface area (Å²) in [5, 5.41) is 0. The van der Waals surface area contributed by atoms with Gasteiger partial charge in [0, 0.05) is 19.6 Å². The minimum absolute atomic E-state index is 0.0703. The lowest BCUT2D eigenvalue weighted by Gasteiger charge is -2.33. The molecule has 0 aliphatic carbocycles. The predicted molar refractivity (Wildman–Crippen MR) is 91.3 cm³/mol. The lowest BCUT2D eigenvalue weighted by Crippen LogP contribution is -2.50. The average Bonchev–Trinajstić information content (AvgIpc) is 3.26. The van der Waals surface area contributed by atoms with Crippen molar-refractivity contribution in [3.8, 4) is 11.5 Å². The van der Waals surface area contributed by atoms with Crippen molar-refractivity contribution in [2.24, 2.45) is 5.92 Å². The van der Waals surface area contributed by atoms with Crippen molar-refractivity contribution >= 4 is 5.91 Å². The Morgan fingerprint density at radius 2 is 1.83 bits per heavy atom. The normalized spacial score (nSPS) is 29.9. The van der Waals surface area contributed by atoms with Gasteiger partial charge in [-0.05, 0) is 57.3 Å². The molecule has 3 atom stereocenters. The van der Waals surface area contributed by atoms with E-state index in [0.717, 1.165) is 31.8 Å². The number of para-hydroxylation sites is 2. The van der Waals surface area contributed by atoms with Gasteiger partial charge in [0.1, 0.15) is 6.10 Å². The number of hydrogen-bond acceptors (Lipinski definition) is 4. The topological polar surface area (TPSA) is 42.0 Å². The molecule has 130 valence electrons. The van der Waals surface area contributed by atoms with Crippen molar-refractivity contribution in [2.75, 3.05) is 32.7 Å². The quantitative estimate of drug-likeness (QED) is 0.852. The van der Waals surface area contributed by atoms with E-state index in [1.807, 2.05) is 36.1 Å². The van der Waals surface area contributed by atoms with Crippen molar-refractivity contribution in [3.05, 3.63) is 24.3 Å². The summed E-state index contributed by atoms with van der Waals surface area (Å²) in [6.07, 6.45) is 2.94. The molecule has 5 nitrogen and oxygen atoms in total. The molecule has 0 N–H and O–H groups in total. The maximum absolute atomic E-state index is 12.9. The number of fused-ring (bicyclic) bond motifs is 1. The minimum atomic E-state index is -0.537.